The molecule has 1 aromatic heterocycles. The predicted molar refractivity (Wildman–Crippen MR) is 157 cm³/mol. The van der Waals surface area contributed by atoms with Gasteiger partial charge in [-0.25, -0.2) is 0 Å². The molecule has 0 radical (unpaired) electrons. The second-order valence-corrected chi connectivity index (χ2v) is 10.8. The van der Waals surface area contributed by atoms with Gasteiger partial charge in [0, 0.05) is 24.4 Å². The average molecular weight is 507 g/mol. The number of allylic oxidation sites excluding steroid dienone is 1. The first kappa shape index (κ1) is 26.2. The van der Waals surface area contributed by atoms with Crippen LogP contribution >= 0.6 is 0 Å². The zero-order chi connectivity index (χ0) is 26.9. The minimum absolute atomic E-state index is 0.0609. The maximum Gasteiger partial charge on any atom is 0.213 e. The van der Waals surface area contributed by atoms with Crippen LogP contribution in [0.5, 0.6) is 0 Å². The summed E-state index contributed by atoms with van der Waals surface area (Å²) in [5.74, 6) is 0.875. The Morgan fingerprint density at radius 3 is 2.32 bits per heavy atom. The number of fused-ring (bicyclic) bond motifs is 5. The van der Waals surface area contributed by atoms with Crippen LogP contribution in [0.25, 0.3) is 33.3 Å². The van der Waals surface area contributed by atoms with E-state index >= 15 is 0 Å². The van der Waals surface area contributed by atoms with Crippen LogP contribution in [0.1, 0.15) is 53.0 Å². The molecule has 0 amide bonds. The summed E-state index contributed by atoms with van der Waals surface area (Å²) in [5, 5.41) is 1.25. The molecule has 38 heavy (non-hydrogen) atoms. The molecule has 1 aliphatic rings. The van der Waals surface area contributed by atoms with Crippen molar-refractivity contribution in [2.45, 2.75) is 64.5 Å². The fraction of sp³-hybridized carbons (Fsp3) is 0.343. The topological polar surface area (TPSA) is 22.3 Å². The Hall–Kier alpha value is -3.43. The van der Waals surface area contributed by atoms with E-state index in [-0.39, 0.29) is 17.1 Å². The number of nitrogens with zero attached hydrogens (tertiary/aromatic N) is 1. The molecule has 3 nitrogen and oxygen atoms in total. The molecular weight excluding hydrogens is 466 g/mol. The maximum absolute atomic E-state index is 6.67. The molecule has 5 rings (SSSR count). The number of rotatable bonds is 8. The normalized spacial score (nSPS) is 19.1. The van der Waals surface area contributed by atoms with E-state index in [2.05, 4.69) is 123 Å². The van der Waals surface area contributed by atoms with Crippen molar-refractivity contribution in [3.05, 3.63) is 102 Å². The summed E-state index contributed by atoms with van der Waals surface area (Å²) in [7, 11) is 1.71. The van der Waals surface area contributed by atoms with E-state index in [0.29, 0.717) is 6.61 Å². The van der Waals surface area contributed by atoms with Gasteiger partial charge in [0.15, 0.2) is 5.54 Å². The van der Waals surface area contributed by atoms with Gasteiger partial charge in [0.05, 0.1) is 30.0 Å². The maximum atomic E-state index is 6.67. The number of hydrogen-bond acceptors (Lipinski definition) is 2. The molecule has 3 aromatic carbocycles. The standard InChI is InChI=1S/C35H40NO2/c1-7-35(8-2)31-23-29(27-14-10-9-11-15-27)18-20-30(31)33-21-19-28-16-12-13-17-32(28)36(33)34(35,5)24-38-26(4)22-25(3)37-6/h9-23,26H,7-8,24H2,1-6H3/q+1. The lowest BCUT2D eigenvalue weighted by molar-refractivity contribution is -0.745. The molecule has 0 spiro atoms. The van der Waals surface area contributed by atoms with Gasteiger partial charge in [-0.2, -0.15) is 4.57 Å². The summed E-state index contributed by atoms with van der Waals surface area (Å²) >= 11 is 0. The van der Waals surface area contributed by atoms with Gasteiger partial charge in [-0.3, -0.25) is 0 Å². The van der Waals surface area contributed by atoms with E-state index < -0.39 is 0 Å². The zero-order valence-corrected chi connectivity index (χ0v) is 23.6. The van der Waals surface area contributed by atoms with Gasteiger partial charge in [-0.1, -0.05) is 62.4 Å². The van der Waals surface area contributed by atoms with E-state index in [1.807, 2.05) is 6.92 Å². The van der Waals surface area contributed by atoms with Gasteiger partial charge in [0.25, 0.3) is 0 Å². The first-order valence-corrected chi connectivity index (χ1v) is 13.9. The molecule has 0 N–H and O–H groups in total. The second kappa shape index (κ2) is 10.4. The van der Waals surface area contributed by atoms with Crippen molar-refractivity contribution < 1.29 is 14.0 Å². The van der Waals surface area contributed by atoms with E-state index in [0.717, 1.165) is 18.6 Å². The third-order valence-electron chi connectivity index (χ3n) is 8.91. The summed E-state index contributed by atoms with van der Waals surface area (Å²) in [4.78, 5) is 0. The summed E-state index contributed by atoms with van der Waals surface area (Å²) in [6, 6.07) is 31.1. The van der Waals surface area contributed by atoms with Crippen LogP contribution in [0.15, 0.2) is 96.8 Å². The van der Waals surface area contributed by atoms with E-state index in [9.17, 15) is 0 Å². The summed E-state index contributed by atoms with van der Waals surface area (Å²) in [5.41, 5.74) is 7.29. The molecule has 4 aromatic rings. The molecule has 0 saturated heterocycles. The van der Waals surface area contributed by atoms with Crippen LogP contribution in [0.4, 0.5) is 0 Å². The molecular formula is C35H40NO2+. The highest BCUT2D eigenvalue weighted by Crippen LogP contribution is 2.52. The number of methoxy groups -OCH3 is 1. The van der Waals surface area contributed by atoms with E-state index in [1.54, 1.807) is 7.11 Å². The fourth-order valence-corrected chi connectivity index (χ4v) is 6.76. The molecule has 196 valence electrons. The van der Waals surface area contributed by atoms with Gasteiger partial charge >= 0.3 is 0 Å². The molecule has 0 fully saturated rings. The van der Waals surface area contributed by atoms with Gasteiger partial charge < -0.3 is 9.47 Å². The van der Waals surface area contributed by atoms with Crippen LogP contribution in [-0.2, 0) is 20.4 Å². The lowest BCUT2D eigenvalue weighted by Gasteiger charge is -2.48. The quantitative estimate of drug-likeness (QED) is 0.177. The summed E-state index contributed by atoms with van der Waals surface area (Å²) in [6.45, 7) is 11.8. The highest BCUT2D eigenvalue weighted by atomic mass is 16.5. The molecule has 1 aliphatic heterocycles. The largest absolute Gasteiger partial charge is 0.502 e. The number of pyridine rings is 1. The van der Waals surface area contributed by atoms with Crippen molar-refractivity contribution in [2.75, 3.05) is 13.7 Å². The molecule has 2 unspecified atom stereocenters. The smallest absolute Gasteiger partial charge is 0.213 e. The molecule has 0 aliphatic carbocycles. The van der Waals surface area contributed by atoms with Crippen molar-refractivity contribution in [3.8, 4) is 22.4 Å². The van der Waals surface area contributed by atoms with Crippen molar-refractivity contribution in [1.29, 1.82) is 0 Å². The number of hydrogen-bond donors (Lipinski definition) is 0. The summed E-state index contributed by atoms with van der Waals surface area (Å²) in [6.07, 6.45) is 4.01. The van der Waals surface area contributed by atoms with Gasteiger partial charge in [0.2, 0.25) is 11.2 Å². The Bertz CT molecular complexity index is 1470. The third kappa shape index (κ3) is 4.14. The van der Waals surface area contributed by atoms with Crippen LogP contribution in [0, 0.1) is 0 Å². The first-order valence-electron chi connectivity index (χ1n) is 13.9. The fourth-order valence-electron chi connectivity index (χ4n) is 6.76. The molecule has 3 heteroatoms. The molecule has 0 bridgehead atoms. The van der Waals surface area contributed by atoms with Gasteiger partial charge in [-0.05, 0) is 73.7 Å². The number of para-hydroxylation sites is 1. The number of aromatic nitrogens is 1. The Morgan fingerprint density at radius 1 is 0.895 bits per heavy atom. The zero-order valence-electron chi connectivity index (χ0n) is 23.6. The SMILES string of the molecule is CCC1(CC)c2cc(-c3ccccc3)ccc2-c2ccc3ccccc3[n+]2C1(C)COC(C)C=C(C)OC. The number of benzene rings is 3. The second-order valence-electron chi connectivity index (χ2n) is 10.8. The Morgan fingerprint density at radius 2 is 1.61 bits per heavy atom. The van der Waals surface area contributed by atoms with Crippen molar-refractivity contribution in [2.24, 2.45) is 0 Å². The van der Waals surface area contributed by atoms with Crippen LogP contribution in [0.3, 0.4) is 0 Å². The molecule has 2 atom stereocenters. The van der Waals surface area contributed by atoms with Crippen LogP contribution in [0.2, 0.25) is 0 Å². The van der Waals surface area contributed by atoms with Gasteiger partial charge in [-0.15, -0.1) is 0 Å². The van der Waals surface area contributed by atoms with Crippen molar-refractivity contribution in [1.82, 2.24) is 0 Å². The number of ether oxygens (including phenoxy) is 2. The Balaban J connectivity index is 1.78. The Labute approximate surface area is 227 Å². The molecule has 0 saturated carbocycles. The average Bonchev–Trinajstić information content (AvgIpc) is 2.96. The Kier molecular flexibility index (Phi) is 7.15. The molecule has 2 heterocycles. The summed E-state index contributed by atoms with van der Waals surface area (Å²) < 4.78 is 14.7. The monoisotopic (exact) mass is 506 g/mol. The van der Waals surface area contributed by atoms with E-state index in [1.165, 1.54) is 38.9 Å². The lowest BCUT2D eigenvalue weighted by atomic mass is 9.59. The third-order valence-corrected chi connectivity index (χ3v) is 8.91. The minimum atomic E-state index is -0.321. The van der Waals surface area contributed by atoms with Crippen molar-refractivity contribution >= 4 is 10.9 Å². The van der Waals surface area contributed by atoms with E-state index in [4.69, 9.17) is 9.47 Å². The first-order chi connectivity index (χ1) is 18.4. The van der Waals surface area contributed by atoms with Crippen LogP contribution < -0.4 is 4.57 Å². The van der Waals surface area contributed by atoms with Crippen LogP contribution in [-0.4, -0.2) is 19.8 Å². The lowest BCUT2D eigenvalue weighted by Crippen LogP contribution is -2.71. The highest BCUT2D eigenvalue weighted by molar-refractivity contribution is 5.80. The predicted octanol–water partition coefficient (Wildman–Crippen LogP) is 8.20. The minimum Gasteiger partial charge on any atom is -0.502 e. The highest BCUT2D eigenvalue weighted by Gasteiger charge is 2.60. The van der Waals surface area contributed by atoms with Gasteiger partial charge in [0.1, 0.15) is 6.61 Å². The van der Waals surface area contributed by atoms with Crippen molar-refractivity contribution in [3.63, 3.8) is 0 Å².